The summed E-state index contributed by atoms with van der Waals surface area (Å²) in [5.41, 5.74) is 12.2. The lowest BCUT2D eigenvalue weighted by atomic mass is 9.80. The van der Waals surface area contributed by atoms with E-state index in [0.717, 1.165) is 36.1 Å². The molecule has 2 N–H and O–H groups in total. The van der Waals surface area contributed by atoms with Crippen LogP contribution in [-0.2, 0) is 12.8 Å². The minimum atomic E-state index is 0.367. The van der Waals surface area contributed by atoms with E-state index in [2.05, 4.69) is 49.2 Å². The molecule has 1 aromatic carbocycles. The summed E-state index contributed by atoms with van der Waals surface area (Å²) in [6.07, 6.45) is 4.29. The third kappa shape index (κ3) is 2.46. The van der Waals surface area contributed by atoms with Gasteiger partial charge in [-0.05, 0) is 43.2 Å². The molecule has 3 heteroatoms. The zero-order chi connectivity index (χ0) is 15.7. The second-order valence-corrected chi connectivity index (χ2v) is 6.17. The van der Waals surface area contributed by atoms with E-state index in [0.29, 0.717) is 17.3 Å². The molecule has 1 unspecified atom stereocenters. The molecular formula is C19H21N3. The summed E-state index contributed by atoms with van der Waals surface area (Å²) in [4.78, 5) is 4.51. The number of hydrogen-bond acceptors (Lipinski definition) is 3. The first-order chi connectivity index (χ1) is 10.6. The first kappa shape index (κ1) is 14.6. The van der Waals surface area contributed by atoms with Crippen LogP contribution in [0.4, 0.5) is 5.82 Å². The fraction of sp³-hybridized carbons (Fsp3) is 0.368. The van der Waals surface area contributed by atoms with Crippen molar-refractivity contribution in [3.05, 3.63) is 46.6 Å². The van der Waals surface area contributed by atoms with Gasteiger partial charge in [-0.3, -0.25) is 0 Å². The second-order valence-electron chi connectivity index (χ2n) is 6.17. The first-order valence-electron chi connectivity index (χ1n) is 7.92. The number of nitrogen functional groups attached to an aromatic ring is 1. The Kier molecular flexibility index (Phi) is 3.85. The van der Waals surface area contributed by atoms with Gasteiger partial charge in [0, 0.05) is 11.3 Å². The highest BCUT2D eigenvalue weighted by molar-refractivity contribution is 5.79. The van der Waals surface area contributed by atoms with Crippen LogP contribution in [0, 0.1) is 24.2 Å². The Hall–Kier alpha value is -2.34. The van der Waals surface area contributed by atoms with Gasteiger partial charge in [0.2, 0.25) is 0 Å². The highest BCUT2D eigenvalue weighted by atomic mass is 14.9. The summed E-state index contributed by atoms with van der Waals surface area (Å²) in [7, 11) is 0. The predicted octanol–water partition coefficient (Wildman–Crippen LogP) is 4.03. The smallest absolute Gasteiger partial charge is 0.142 e. The normalized spacial score (nSPS) is 16.9. The van der Waals surface area contributed by atoms with Crippen LogP contribution in [0.1, 0.15) is 42.1 Å². The van der Waals surface area contributed by atoms with Crippen LogP contribution in [0.2, 0.25) is 0 Å². The van der Waals surface area contributed by atoms with Crippen LogP contribution in [0.15, 0.2) is 24.3 Å². The summed E-state index contributed by atoms with van der Waals surface area (Å²) in [5, 5.41) is 9.57. The van der Waals surface area contributed by atoms with E-state index in [-0.39, 0.29) is 0 Å². The number of aromatic nitrogens is 1. The van der Waals surface area contributed by atoms with Gasteiger partial charge in [0.25, 0.3) is 0 Å². The topological polar surface area (TPSA) is 62.7 Å². The molecule has 112 valence electrons. The Balaban J connectivity index is 2.24. The van der Waals surface area contributed by atoms with Gasteiger partial charge in [-0.15, -0.1) is 0 Å². The van der Waals surface area contributed by atoms with Gasteiger partial charge < -0.3 is 5.73 Å². The maximum absolute atomic E-state index is 9.57. The standard InChI is InChI=1S/C19H21N3/c1-3-13-6-9-17-15(10-13)18(16(11-20)19(21)22-17)14-7-4-12(2)5-8-14/h4-5,7-8,13H,3,6,9-10H2,1-2H3,(H2,21,22). The van der Waals surface area contributed by atoms with E-state index < -0.39 is 0 Å². The van der Waals surface area contributed by atoms with Crippen molar-refractivity contribution < 1.29 is 0 Å². The van der Waals surface area contributed by atoms with Crippen molar-refractivity contribution in [1.29, 1.82) is 5.26 Å². The van der Waals surface area contributed by atoms with Crippen LogP contribution in [0.3, 0.4) is 0 Å². The van der Waals surface area contributed by atoms with Gasteiger partial charge in [0.15, 0.2) is 0 Å². The highest BCUT2D eigenvalue weighted by Gasteiger charge is 2.25. The van der Waals surface area contributed by atoms with E-state index in [9.17, 15) is 5.26 Å². The number of anilines is 1. The van der Waals surface area contributed by atoms with Gasteiger partial charge in [-0.25, -0.2) is 4.98 Å². The second kappa shape index (κ2) is 5.81. The van der Waals surface area contributed by atoms with E-state index in [4.69, 9.17) is 5.73 Å². The Morgan fingerprint density at radius 2 is 2.05 bits per heavy atom. The molecule has 0 fully saturated rings. The maximum Gasteiger partial charge on any atom is 0.142 e. The van der Waals surface area contributed by atoms with Crippen LogP contribution < -0.4 is 5.73 Å². The molecule has 22 heavy (non-hydrogen) atoms. The molecular weight excluding hydrogens is 270 g/mol. The minimum Gasteiger partial charge on any atom is -0.383 e. The Morgan fingerprint density at radius 3 is 2.68 bits per heavy atom. The summed E-state index contributed by atoms with van der Waals surface area (Å²) in [6, 6.07) is 10.6. The van der Waals surface area contributed by atoms with E-state index >= 15 is 0 Å². The van der Waals surface area contributed by atoms with Crippen molar-refractivity contribution in [3.63, 3.8) is 0 Å². The van der Waals surface area contributed by atoms with Crippen molar-refractivity contribution in [2.45, 2.75) is 39.5 Å². The number of benzene rings is 1. The molecule has 1 aromatic heterocycles. The molecule has 1 heterocycles. The lowest BCUT2D eigenvalue weighted by molar-refractivity contribution is 0.441. The Morgan fingerprint density at radius 1 is 1.32 bits per heavy atom. The fourth-order valence-corrected chi connectivity index (χ4v) is 3.35. The summed E-state index contributed by atoms with van der Waals surface area (Å²) >= 11 is 0. The zero-order valence-electron chi connectivity index (χ0n) is 13.2. The number of hydrogen-bond donors (Lipinski definition) is 1. The van der Waals surface area contributed by atoms with Crippen molar-refractivity contribution in [1.82, 2.24) is 4.98 Å². The van der Waals surface area contributed by atoms with Crippen LogP contribution in [0.5, 0.6) is 0 Å². The van der Waals surface area contributed by atoms with Gasteiger partial charge in [0.05, 0.1) is 0 Å². The molecule has 1 atom stereocenters. The van der Waals surface area contributed by atoms with Gasteiger partial charge >= 0.3 is 0 Å². The lowest BCUT2D eigenvalue weighted by Gasteiger charge is -2.26. The van der Waals surface area contributed by atoms with Crippen LogP contribution >= 0.6 is 0 Å². The fourth-order valence-electron chi connectivity index (χ4n) is 3.35. The number of fused-ring (bicyclic) bond motifs is 1. The Labute approximate surface area is 131 Å². The number of pyridine rings is 1. The molecule has 0 amide bonds. The lowest BCUT2D eigenvalue weighted by Crippen LogP contribution is -2.18. The minimum absolute atomic E-state index is 0.367. The highest BCUT2D eigenvalue weighted by Crippen LogP contribution is 2.38. The van der Waals surface area contributed by atoms with Crippen LogP contribution in [0.25, 0.3) is 11.1 Å². The number of nitrogens with two attached hydrogens (primary N) is 1. The quantitative estimate of drug-likeness (QED) is 0.908. The molecule has 0 saturated carbocycles. The Bertz CT molecular complexity index is 739. The monoisotopic (exact) mass is 291 g/mol. The third-order valence-electron chi connectivity index (χ3n) is 4.72. The molecule has 0 spiro atoms. The molecule has 1 aliphatic rings. The predicted molar refractivity (Wildman–Crippen MR) is 89.3 cm³/mol. The molecule has 1 aliphatic carbocycles. The average Bonchev–Trinajstić information content (AvgIpc) is 2.54. The van der Waals surface area contributed by atoms with Gasteiger partial charge in [-0.2, -0.15) is 5.26 Å². The summed E-state index contributed by atoms with van der Waals surface area (Å²) < 4.78 is 0. The van der Waals surface area contributed by atoms with Crippen LogP contribution in [-0.4, -0.2) is 4.98 Å². The summed E-state index contributed by atoms with van der Waals surface area (Å²) in [6.45, 7) is 4.30. The number of nitrogens with zero attached hydrogens (tertiary/aromatic N) is 2. The molecule has 0 aliphatic heterocycles. The van der Waals surface area contributed by atoms with Gasteiger partial charge in [-0.1, -0.05) is 43.2 Å². The largest absolute Gasteiger partial charge is 0.383 e. The van der Waals surface area contributed by atoms with E-state index in [1.807, 2.05) is 0 Å². The molecule has 0 saturated heterocycles. The van der Waals surface area contributed by atoms with E-state index in [1.165, 1.54) is 17.5 Å². The van der Waals surface area contributed by atoms with Crippen molar-refractivity contribution in [3.8, 4) is 17.2 Å². The molecule has 0 radical (unpaired) electrons. The zero-order valence-corrected chi connectivity index (χ0v) is 13.2. The average molecular weight is 291 g/mol. The maximum atomic E-state index is 9.57. The van der Waals surface area contributed by atoms with E-state index in [1.54, 1.807) is 0 Å². The molecule has 3 rings (SSSR count). The van der Waals surface area contributed by atoms with Crippen molar-refractivity contribution >= 4 is 5.82 Å². The van der Waals surface area contributed by atoms with Crippen molar-refractivity contribution in [2.75, 3.05) is 5.73 Å². The molecule has 2 aromatic rings. The molecule has 3 nitrogen and oxygen atoms in total. The van der Waals surface area contributed by atoms with Gasteiger partial charge in [0.1, 0.15) is 17.5 Å². The molecule has 0 bridgehead atoms. The number of nitriles is 1. The van der Waals surface area contributed by atoms with Crippen molar-refractivity contribution in [2.24, 2.45) is 5.92 Å². The number of rotatable bonds is 2. The third-order valence-corrected chi connectivity index (χ3v) is 4.72. The SMILES string of the molecule is CCC1CCc2nc(N)c(C#N)c(-c3ccc(C)cc3)c2C1. The number of aryl methyl sites for hydroxylation is 2. The summed E-state index contributed by atoms with van der Waals surface area (Å²) in [5.74, 6) is 1.04. The first-order valence-corrected chi connectivity index (χ1v) is 7.92.